The third kappa shape index (κ3) is 7.46. The van der Waals surface area contributed by atoms with Crippen LogP contribution in [-0.4, -0.2) is 36.3 Å². The van der Waals surface area contributed by atoms with Gasteiger partial charge >= 0.3 is 12.3 Å². The summed E-state index contributed by atoms with van der Waals surface area (Å²) >= 11 is 0. The van der Waals surface area contributed by atoms with Gasteiger partial charge in [-0.25, -0.2) is 4.79 Å². The Morgan fingerprint density at radius 2 is 1.66 bits per heavy atom. The van der Waals surface area contributed by atoms with Gasteiger partial charge in [-0.3, -0.25) is 4.79 Å². The van der Waals surface area contributed by atoms with E-state index in [-0.39, 0.29) is 26.2 Å². The molecule has 2 rings (SSSR count). The van der Waals surface area contributed by atoms with Gasteiger partial charge in [0.25, 0.3) is 0 Å². The van der Waals surface area contributed by atoms with Crippen molar-refractivity contribution in [3.63, 3.8) is 0 Å². The Bertz CT molecular complexity index is 796. The minimum atomic E-state index is -4.46. The molecule has 0 unspecified atom stereocenters. The van der Waals surface area contributed by atoms with Crippen molar-refractivity contribution < 1.29 is 32.6 Å². The Labute approximate surface area is 165 Å². The number of nitrogens with one attached hydrogen (secondary N) is 2. The van der Waals surface area contributed by atoms with Gasteiger partial charge in [0.05, 0.1) is 12.2 Å². The first-order valence-corrected chi connectivity index (χ1v) is 8.81. The van der Waals surface area contributed by atoms with Crippen molar-refractivity contribution in [2.75, 3.05) is 13.2 Å². The Balaban J connectivity index is 2.02. The largest absolute Gasteiger partial charge is 0.445 e. The van der Waals surface area contributed by atoms with Gasteiger partial charge in [-0.1, -0.05) is 42.5 Å². The molecule has 29 heavy (non-hydrogen) atoms. The van der Waals surface area contributed by atoms with Crippen LogP contribution in [-0.2, 0) is 28.7 Å². The van der Waals surface area contributed by atoms with Gasteiger partial charge in [-0.05, 0) is 23.3 Å². The first-order chi connectivity index (χ1) is 13.8. The van der Waals surface area contributed by atoms with Crippen molar-refractivity contribution in [3.05, 3.63) is 71.3 Å². The van der Waals surface area contributed by atoms with Crippen LogP contribution in [0.15, 0.2) is 54.6 Å². The average Bonchev–Trinajstić information content (AvgIpc) is 2.70. The molecule has 6 nitrogen and oxygen atoms in total. The Morgan fingerprint density at radius 1 is 1.00 bits per heavy atom. The lowest BCUT2D eigenvalue weighted by molar-refractivity contribution is -0.137. The van der Waals surface area contributed by atoms with Gasteiger partial charge in [0.2, 0.25) is 5.91 Å². The van der Waals surface area contributed by atoms with E-state index in [1.165, 1.54) is 12.1 Å². The van der Waals surface area contributed by atoms with Gasteiger partial charge < -0.3 is 20.5 Å². The first-order valence-electron chi connectivity index (χ1n) is 8.81. The second kappa shape index (κ2) is 10.5. The molecule has 1 atom stereocenters. The van der Waals surface area contributed by atoms with Crippen molar-refractivity contribution in [2.24, 2.45) is 0 Å². The summed E-state index contributed by atoms with van der Waals surface area (Å²) in [6, 6.07) is 12.1. The van der Waals surface area contributed by atoms with Crippen molar-refractivity contribution in [1.29, 1.82) is 0 Å². The molecule has 0 aromatic heterocycles. The van der Waals surface area contributed by atoms with Gasteiger partial charge in [-0.15, -0.1) is 0 Å². The smallest absolute Gasteiger partial charge is 0.416 e. The molecule has 0 aliphatic rings. The van der Waals surface area contributed by atoms with E-state index >= 15 is 0 Å². The summed E-state index contributed by atoms with van der Waals surface area (Å²) in [7, 11) is 0. The molecule has 0 saturated heterocycles. The molecule has 0 bridgehead atoms. The number of amides is 2. The van der Waals surface area contributed by atoms with Crippen molar-refractivity contribution in [2.45, 2.75) is 25.2 Å². The highest BCUT2D eigenvalue weighted by atomic mass is 19.4. The number of carbonyl (C=O) groups excluding carboxylic acids is 2. The maximum absolute atomic E-state index is 12.7. The fourth-order valence-electron chi connectivity index (χ4n) is 2.48. The van der Waals surface area contributed by atoms with E-state index in [4.69, 9.17) is 9.84 Å². The van der Waals surface area contributed by atoms with E-state index in [0.717, 1.165) is 17.7 Å². The molecule has 0 radical (unpaired) electrons. The highest BCUT2D eigenvalue weighted by molar-refractivity contribution is 5.85. The van der Waals surface area contributed by atoms with Crippen molar-refractivity contribution in [1.82, 2.24) is 10.6 Å². The SMILES string of the molecule is O=C(N[C@@H](Cc1ccc(C(F)(F)F)cc1)C(=O)NCCO)OCc1ccccc1. The number of carbonyl (C=O) groups is 2. The maximum atomic E-state index is 12.7. The summed E-state index contributed by atoms with van der Waals surface area (Å²) in [6.45, 7) is -0.321. The summed E-state index contributed by atoms with van der Waals surface area (Å²) in [4.78, 5) is 24.3. The van der Waals surface area contributed by atoms with Crippen LogP contribution in [0, 0.1) is 0 Å². The fourth-order valence-corrected chi connectivity index (χ4v) is 2.48. The van der Waals surface area contributed by atoms with Gasteiger partial charge in [-0.2, -0.15) is 13.2 Å². The predicted molar refractivity (Wildman–Crippen MR) is 98.8 cm³/mol. The third-order valence-corrected chi connectivity index (χ3v) is 3.95. The monoisotopic (exact) mass is 410 g/mol. The molecule has 0 aliphatic carbocycles. The topological polar surface area (TPSA) is 87.7 Å². The maximum Gasteiger partial charge on any atom is 0.416 e. The van der Waals surface area contributed by atoms with Gasteiger partial charge in [0.15, 0.2) is 0 Å². The molecule has 0 spiro atoms. The highest BCUT2D eigenvalue weighted by Gasteiger charge is 2.30. The average molecular weight is 410 g/mol. The Morgan fingerprint density at radius 3 is 2.24 bits per heavy atom. The zero-order valence-electron chi connectivity index (χ0n) is 15.4. The van der Waals surface area contributed by atoms with Crippen LogP contribution in [0.1, 0.15) is 16.7 Å². The van der Waals surface area contributed by atoms with E-state index in [9.17, 15) is 22.8 Å². The minimum absolute atomic E-state index is 0.00205. The molecule has 0 fully saturated rings. The van der Waals surface area contributed by atoms with E-state index in [1.54, 1.807) is 24.3 Å². The lowest BCUT2D eigenvalue weighted by Crippen LogP contribution is -2.48. The van der Waals surface area contributed by atoms with Crippen molar-refractivity contribution >= 4 is 12.0 Å². The fraction of sp³-hybridized carbons (Fsp3) is 0.300. The third-order valence-electron chi connectivity index (χ3n) is 3.95. The predicted octanol–water partition coefficient (Wildman–Crippen LogP) is 2.65. The summed E-state index contributed by atoms with van der Waals surface area (Å²) in [5.74, 6) is -0.587. The second-order valence-corrected chi connectivity index (χ2v) is 6.17. The molecule has 2 amide bonds. The summed E-state index contributed by atoms with van der Waals surface area (Å²) in [5.41, 5.74) is 0.370. The number of alkyl halides is 3. The molecule has 2 aromatic carbocycles. The highest BCUT2D eigenvalue weighted by Crippen LogP contribution is 2.29. The number of halogens is 3. The summed E-state index contributed by atoms with van der Waals surface area (Å²) in [6.07, 6.45) is -5.35. The van der Waals surface area contributed by atoms with E-state index in [0.29, 0.717) is 5.56 Å². The van der Waals surface area contributed by atoms with Crippen LogP contribution in [0.3, 0.4) is 0 Å². The number of rotatable bonds is 8. The van der Waals surface area contributed by atoms with Crippen molar-refractivity contribution in [3.8, 4) is 0 Å². The van der Waals surface area contributed by atoms with Gasteiger partial charge in [0, 0.05) is 13.0 Å². The minimum Gasteiger partial charge on any atom is -0.445 e. The number of ether oxygens (including phenoxy) is 1. The van der Waals surface area contributed by atoms with E-state index in [2.05, 4.69) is 10.6 Å². The lowest BCUT2D eigenvalue weighted by atomic mass is 10.0. The normalized spacial score (nSPS) is 12.1. The van der Waals surface area contributed by atoms with E-state index in [1.807, 2.05) is 6.07 Å². The molecule has 0 saturated carbocycles. The van der Waals surface area contributed by atoms with E-state index < -0.39 is 29.8 Å². The molecule has 156 valence electrons. The summed E-state index contributed by atoms with van der Waals surface area (Å²) in [5, 5.41) is 13.7. The molecule has 9 heteroatoms. The van der Waals surface area contributed by atoms with Crippen LogP contribution in [0.4, 0.5) is 18.0 Å². The number of alkyl carbamates (subject to hydrolysis) is 1. The number of hydrogen-bond donors (Lipinski definition) is 3. The number of hydrogen-bond acceptors (Lipinski definition) is 4. The van der Waals surface area contributed by atoms with Crippen LogP contribution in [0.5, 0.6) is 0 Å². The van der Waals surface area contributed by atoms with Crippen LogP contribution < -0.4 is 10.6 Å². The number of benzene rings is 2. The molecular weight excluding hydrogens is 389 g/mol. The first kappa shape index (κ1) is 22.2. The summed E-state index contributed by atoms with van der Waals surface area (Å²) < 4.78 is 43.1. The van der Waals surface area contributed by atoms with Crippen LogP contribution in [0.2, 0.25) is 0 Å². The number of aliphatic hydroxyl groups is 1. The quantitative estimate of drug-likeness (QED) is 0.625. The van der Waals surface area contributed by atoms with Crippen LogP contribution in [0.25, 0.3) is 0 Å². The Hall–Kier alpha value is -3.07. The molecule has 2 aromatic rings. The zero-order chi connectivity index (χ0) is 21.3. The molecule has 0 aliphatic heterocycles. The Kier molecular flexibility index (Phi) is 8.02. The molecule has 0 heterocycles. The zero-order valence-corrected chi connectivity index (χ0v) is 15.4. The second-order valence-electron chi connectivity index (χ2n) is 6.17. The van der Waals surface area contributed by atoms with Crippen LogP contribution >= 0.6 is 0 Å². The molecule has 3 N–H and O–H groups in total. The molecular formula is C20H21F3N2O4. The van der Waals surface area contributed by atoms with Gasteiger partial charge in [0.1, 0.15) is 12.6 Å². The lowest BCUT2D eigenvalue weighted by Gasteiger charge is -2.18. The number of aliphatic hydroxyl groups excluding tert-OH is 1. The standard InChI is InChI=1S/C20H21F3N2O4/c21-20(22,23)16-8-6-14(7-9-16)12-17(18(27)24-10-11-26)25-19(28)29-13-15-4-2-1-3-5-15/h1-9,17,26H,10-13H2,(H,24,27)(H,25,28)/t17-/m0/s1.